The molecular formula is C47H59NO4. The number of benzene rings is 3. The van der Waals surface area contributed by atoms with Gasteiger partial charge in [0.2, 0.25) is 0 Å². The van der Waals surface area contributed by atoms with E-state index in [-0.39, 0.29) is 17.5 Å². The first kappa shape index (κ1) is 37.7. The number of fused-ring (bicyclic) bond motifs is 5. The average molecular weight is 702 g/mol. The minimum atomic E-state index is -0.0541. The monoisotopic (exact) mass is 701 g/mol. The van der Waals surface area contributed by atoms with Crippen LogP contribution in [0.1, 0.15) is 132 Å². The van der Waals surface area contributed by atoms with Crippen molar-refractivity contribution in [3.05, 3.63) is 96.1 Å². The summed E-state index contributed by atoms with van der Waals surface area (Å²) in [6.07, 6.45) is 21.0. The van der Waals surface area contributed by atoms with E-state index in [0.29, 0.717) is 36.3 Å². The van der Waals surface area contributed by atoms with E-state index in [1.54, 1.807) is 5.56 Å². The number of esters is 1. The quantitative estimate of drug-likeness (QED) is 0.0707. The molecular weight excluding hydrogens is 643 g/mol. The molecule has 0 spiro atoms. The number of aryl methyl sites for hydroxylation is 1. The minimum absolute atomic E-state index is 0.0336. The van der Waals surface area contributed by atoms with E-state index < -0.39 is 0 Å². The van der Waals surface area contributed by atoms with Crippen LogP contribution in [-0.4, -0.2) is 25.3 Å². The number of carbonyl (C=O) groups excluding carboxylic acids is 1. The van der Waals surface area contributed by atoms with Crippen molar-refractivity contribution in [1.82, 2.24) is 0 Å². The van der Waals surface area contributed by atoms with Crippen LogP contribution in [0.2, 0.25) is 0 Å². The van der Waals surface area contributed by atoms with Gasteiger partial charge in [-0.3, -0.25) is 4.79 Å². The van der Waals surface area contributed by atoms with Gasteiger partial charge in [0.15, 0.2) is 0 Å². The molecule has 3 aromatic carbocycles. The molecule has 0 radical (unpaired) electrons. The molecule has 0 saturated heterocycles. The Kier molecular flexibility index (Phi) is 13.5. The van der Waals surface area contributed by atoms with Crippen molar-refractivity contribution in [3.8, 4) is 28.7 Å². The highest BCUT2D eigenvalue weighted by atomic mass is 16.5. The largest absolute Gasteiger partial charge is 0.494 e. The van der Waals surface area contributed by atoms with Gasteiger partial charge in [0.05, 0.1) is 24.8 Å². The van der Waals surface area contributed by atoms with Gasteiger partial charge in [0.25, 0.3) is 0 Å². The summed E-state index contributed by atoms with van der Waals surface area (Å²) in [6, 6.07) is 24.7. The molecule has 2 fully saturated rings. The fraction of sp³-hybridized carbons (Fsp3) is 0.532. The standard InChI is InChI=1S/C47H59NO4/c1-3-4-5-6-7-8-9-10-12-31-51-40-24-26-41-38(33-40)21-25-43-42(41)29-30-47(2)44(43)27-28-45(47)52-46(49)14-11-13-32-50-39-22-19-37(20-23-39)36-17-15-35(34-48)16-18-36/h3,15-20,22-24,26,33,42-45H,1,4-14,21,25,27-32H2,2H3/t42-,43-,44+,45+,47+/m1/s1. The van der Waals surface area contributed by atoms with Crippen LogP contribution in [0, 0.1) is 28.6 Å². The number of allylic oxidation sites excluding steroid dienone is 1. The number of ether oxygens (including phenoxy) is 3. The molecule has 276 valence electrons. The molecule has 3 aromatic rings. The molecule has 0 unspecified atom stereocenters. The van der Waals surface area contributed by atoms with Crippen LogP contribution in [0.15, 0.2) is 79.4 Å². The smallest absolute Gasteiger partial charge is 0.306 e. The van der Waals surface area contributed by atoms with Gasteiger partial charge in [0.1, 0.15) is 17.6 Å². The summed E-state index contributed by atoms with van der Waals surface area (Å²) in [5.41, 5.74) is 5.93. The van der Waals surface area contributed by atoms with Crippen molar-refractivity contribution in [2.75, 3.05) is 13.2 Å². The minimum Gasteiger partial charge on any atom is -0.494 e. The summed E-state index contributed by atoms with van der Waals surface area (Å²) in [6.45, 7) is 7.60. The molecule has 0 aliphatic heterocycles. The molecule has 0 N–H and O–H groups in total. The molecule has 5 nitrogen and oxygen atoms in total. The number of nitrogens with zero attached hydrogens (tertiary/aromatic N) is 1. The van der Waals surface area contributed by atoms with E-state index in [0.717, 1.165) is 74.2 Å². The van der Waals surface area contributed by atoms with Crippen molar-refractivity contribution in [2.24, 2.45) is 17.3 Å². The summed E-state index contributed by atoms with van der Waals surface area (Å²) in [5.74, 6) is 3.71. The Bertz CT molecular complexity index is 1640. The summed E-state index contributed by atoms with van der Waals surface area (Å²) >= 11 is 0. The number of hydrogen-bond donors (Lipinski definition) is 0. The van der Waals surface area contributed by atoms with E-state index in [1.165, 1.54) is 63.4 Å². The third-order valence-electron chi connectivity index (χ3n) is 12.5. The summed E-state index contributed by atoms with van der Waals surface area (Å²) in [7, 11) is 0. The number of nitriles is 1. The number of carbonyl (C=O) groups is 1. The van der Waals surface area contributed by atoms with E-state index >= 15 is 0 Å². The Morgan fingerprint density at radius 3 is 2.19 bits per heavy atom. The van der Waals surface area contributed by atoms with E-state index in [2.05, 4.69) is 37.8 Å². The van der Waals surface area contributed by atoms with Gasteiger partial charge in [-0.05, 0) is 147 Å². The summed E-state index contributed by atoms with van der Waals surface area (Å²) in [5, 5.41) is 9.02. The average Bonchev–Trinajstić information content (AvgIpc) is 3.50. The van der Waals surface area contributed by atoms with Gasteiger partial charge in [-0.1, -0.05) is 75.4 Å². The molecule has 0 aromatic heterocycles. The first-order chi connectivity index (χ1) is 25.5. The lowest BCUT2D eigenvalue weighted by atomic mass is 9.55. The first-order valence-electron chi connectivity index (χ1n) is 20.3. The van der Waals surface area contributed by atoms with Gasteiger partial charge in [-0.2, -0.15) is 5.26 Å². The second kappa shape index (κ2) is 18.6. The number of unbranched alkanes of at least 4 members (excludes halogenated alkanes) is 8. The lowest BCUT2D eigenvalue weighted by Crippen LogP contribution is -2.45. The van der Waals surface area contributed by atoms with Crippen molar-refractivity contribution in [2.45, 2.75) is 128 Å². The normalized spacial score (nSPS) is 23.1. The lowest BCUT2D eigenvalue weighted by Gasteiger charge is -2.50. The van der Waals surface area contributed by atoms with Crippen LogP contribution in [0.25, 0.3) is 11.1 Å². The molecule has 3 aliphatic carbocycles. The zero-order chi connectivity index (χ0) is 36.2. The van der Waals surface area contributed by atoms with Gasteiger partial charge in [-0.25, -0.2) is 0 Å². The maximum absolute atomic E-state index is 13.0. The van der Waals surface area contributed by atoms with E-state index in [9.17, 15) is 4.79 Å². The molecule has 52 heavy (non-hydrogen) atoms. The van der Waals surface area contributed by atoms with Crippen molar-refractivity contribution in [3.63, 3.8) is 0 Å². The number of rotatable bonds is 19. The molecule has 0 amide bonds. The van der Waals surface area contributed by atoms with Crippen LogP contribution in [0.3, 0.4) is 0 Å². The Morgan fingerprint density at radius 1 is 0.808 bits per heavy atom. The van der Waals surface area contributed by atoms with Crippen molar-refractivity contribution >= 4 is 5.97 Å². The zero-order valence-electron chi connectivity index (χ0n) is 31.5. The van der Waals surface area contributed by atoms with Crippen LogP contribution in [0.4, 0.5) is 0 Å². The highest BCUT2D eigenvalue weighted by molar-refractivity contribution is 5.69. The highest BCUT2D eigenvalue weighted by Crippen LogP contribution is 2.61. The third kappa shape index (κ3) is 9.49. The second-order valence-corrected chi connectivity index (χ2v) is 15.8. The Morgan fingerprint density at radius 2 is 1.46 bits per heavy atom. The Balaban J connectivity index is 0.891. The van der Waals surface area contributed by atoms with Gasteiger partial charge in [0, 0.05) is 11.8 Å². The fourth-order valence-electron chi connectivity index (χ4n) is 9.52. The predicted molar refractivity (Wildman–Crippen MR) is 210 cm³/mol. The van der Waals surface area contributed by atoms with E-state index in [4.69, 9.17) is 19.5 Å². The van der Waals surface area contributed by atoms with Crippen molar-refractivity contribution < 1.29 is 19.0 Å². The maximum atomic E-state index is 13.0. The molecule has 0 bridgehead atoms. The zero-order valence-corrected chi connectivity index (χ0v) is 31.5. The Hall–Kier alpha value is -4.04. The molecule has 3 aliphatic rings. The summed E-state index contributed by atoms with van der Waals surface area (Å²) < 4.78 is 18.4. The molecule has 5 atom stereocenters. The van der Waals surface area contributed by atoms with Gasteiger partial charge < -0.3 is 14.2 Å². The Labute approximate surface area is 312 Å². The highest BCUT2D eigenvalue weighted by Gasteiger charge is 2.56. The van der Waals surface area contributed by atoms with E-state index in [1.807, 2.05) is 54.6 Å². The molecule has 0 heterocycles. The maximum Gasteiger partial charge on any atom is 0.306 e. The summed E-state index contributed by atoms with van der Waals surface area (Å²) in [4.78, 5) is 13.0. The lowest BCUT2D eigenvalue weighted by molar-refractivity contribution is -0.157. The SMILES string of the molecule is C=CCCCCCCCCCOc1ccc2c(c1)CC[C@@H]1[C@@H]2CC[C@]2(C)[C@@H](OC(=O)CCCCOc3ccc(-c4ccc(C#N)cc4)cc3)CC[C@@H]12. The predicted octanol–water partition coefficient (Wildman–Crippen LogP) is 11.9. The molecule has 6 rings (SSSR count). The molecule has 2 saturated carbocycles. The fourth-order valence-corrected chi connectivity index (χ4v) is 9.52. The van der Waals surface area contributed by atoms with Crippen molar-refractivity contribution in [1.29, 1.82) is 5.26 Å². The van der Waals surface area contributed by atoms with Crippen LogP contribution in [-0.2, 0) is 16.0 Å². The van der Waals surface area contributed by atoms with Crippen LogP contribution in [0.5, 0.6) is 11.5 Å². The van der Waals surface area contributed by atoms with Crippen LogP contribution >= 0.6 is 0 Å². The van der Waals surface area contributed by atoms with Crippen LogP contribution < -0.4 is 9.47 Å². The number of hydrogen-bond acceptors (Lipinski definition) is 5. The second-order valence-electron chi connectivity index (χ2n) is 15.8. The topological polar surface area (TPSA) is 68.6 Å². The first-order valence-corrected chi connectivity index (χ1v) is 20.3. The third-order valence-corrected chi connectivity index (χ3v) is 12.5. The van der Waals surface area contributed by atoms with Gasteiger partial charge in [-0.15, -0.1) is 6.58 Å². The van der Waals surface area contributed by atoms with Gasteiger partial charge >= 0.3 is 5.97 Å². The molecule has 5 heteroatoms.